The molecule has 3 heteroatoms. The van der Waals surface area contributed by atoms with Gasteiger partial charge in [0.25, 0.3) is 6.43 Å². The highest BCUT2D eigenvalue weighted by Gasteiger charge is 2.24. The van der Waals surface area contributed by atoms with E-state index in [0.29, 0.717) is 5.56 Å². The van der Waals surface area contributed by atoms with Crippen LogP contribution in [0.25, 0.3) is 0 Å². The van der Waals surface area contributed by atoms with Crippen LogP contribution in [0.3, 0.4) is 0 Å². The van der Waals surface area contributed by atoms with Crippen molar-refractivity contribution in [1.82, 2.24) is 0 Å². The summed E-state index contributed by atoms with van der Waals surface area (Å²) in [6.07, 6.45) is 2.41. The Hall–Kier alpha value is -1.84. The minimum atomic E-state index is -2.69. The number of hydrogen-bond acceptors (Lipinski definition) is 1. The number of ether oxygens (including phenoxy) is 1. The van der Waals surface area contributed by atoms with Crippen LogP contribution in [-0.4, -0.2) is 13.0 Å². The van der Waals surface area contributed by atoms with Crippen molar-refractivity contribution in [3.05, 3.63) is 35.9 Å². The van der Waals surface area contributed by atoms with Crippen LogP contribution in [0.1, 0.15) is 12.5 Å². The second-order valence-electron chi connectivity index (χ2n) is 3.46. The zero-order chi connectivity index (χ0) is 12.7. The standard InChI is InChI=1S/C14H12F2O/c1-3-11-17-14(2,10-9-13(15)16)12-7-5-4-6-8-12/h1,4-8,13H,11H2,2H3. The van der Waals surface area contributed by atoms with Gasteiger partial charge in [-0.05, 0) is 18.4 Å². The van der Waals surface area contributed by atoms with E-state index in [-0.39, 0.29) is 6.61 Å². The third-order valence-corrected chi connectivity index (χ3v) is 2.19. The second kappa shape index (κ2) is 6.03. The first-order valence-electron chi connectivity index (χ1n) is 5.02. The van der Waals surface area contributed by atoms with Gasteiger partial charge in [-0.25, -0.2) is 0 Å². The van der Waals surface area contributed by atoms with E-state index in [2.05, 4.69) is 11.8 Å². The Morgan fingerprint density at radius 1 is 1.35 bits per heavy atom. The van der Waals surface area contributed by atoms with Crippen LogP contribution in [0.2, 0.25) is 0 Å². The van der Waals surface area contributed by atoms with Gasteiger partial charge < -0.3 is 4.74 Å². The number of rotatable bonds is 3. The molecule has 0 aliphatic carbocycles. The van der Waals surface area contributed by atoms with E-state index in [0.717, 1.165) is 0 Å². The maximum Gasteiger partial charge on any atom is 0.298 e. The molecule has 1 atom stereocenters. The Labute approximate surface area is 99.8 Å². The van der Waals surface area contributed by atoms with Gasteiger partial charge in [0.2, 0.25) is 0 Å². The molecule has 0 amide bonds. The van der Waals surface area contributed by atoms with Crippen molar-refractivity contribution in [2.45, 2.75) is 19.0 Å². The fourth-order valence-electron chi connectivity index (χ4n) is 1.33. The number of halogens is 2. The fourth-order valence-corrected chi connectivity index (χ4v) is 1.33. The first-order chi connectivity index (χ1) is 8.08. The number of terminal acetylenes is 1. The van der Waals surface area contributed by atoms with E-state index in [1.54, 1.807) is 31.2 Å². The SMILES string of the molecule is C#CCOC(C)(C#CC(F)F)c1ccccc1. The smallest absolute Gasteiger partial charge is 0.298 e. The number of benzene rings is 1. The minimum Gasteiger partial charge on any atom is -0.346 e. The molecule has 0 radical (unpaired) electrons. The summed E-state index contributed by atoms with van der Waals surface area (Å²) < 4.78 is 29.6. The van der Waals surface area contributed by atoms with Gasteiger partial charge in [-0.1, -0.05) is 42.2 Å². The lowest BCUT2D eigenvalue weighted by Gasteiger charge is -2.23. The lowest BCUT2D eigenvalue weighted by molar-refractivity contribution is 0.0316. The van der Waals surface area contributed by atoms with Crippen molar-refractivity contribution in [2.24, 2.45) is 0 Å². The molecule has 17 heavy (non-hydrogen) atoms. The van der Waals surface area contributed by atoms with Gasteiger partial charge in [0.15, 0.2) is 5.60 Å². The van der Waals surface area contributed by atoms with E-state index in [1.807, 2.05) is 12.0 Å². The summed E-state index contributed by atoms with van der Waals surface area (Å²) in [7, 11) is 0. The molecule has 1 aromatic carbocycles. The van der Waals surface area contributed by atoms with Gasteiger partial charge in [0.1, 0.15) is 6.61 Å². The van der Waals surface area contributed by atoms with Crippen molar-refractivity contribution >= 4 is 0 Å². The highest BCUT2D eigenvalue weighted by atomic mass is 19.3. The molecule has 88 valence electrons. The van der Waals surface area contributed by atoms with Crippen LogP contribution in [0.5, 0.6) is 0 Å². The van der Waals surface area contributed by atoms with Gasteiger partial charge in [-0.15, -0.1) is 6.42 Å². The Bertz CT molecular complexity index is 451. The van der Waals surface area contributed by atoms with E-state index in [9.17, 15) is 8.78 Å². The molecule has 1 aromatic rings. The molecule has 0 fully saturated rings. The molecular weight excluding hydrogens is 222 g/mol. The molecule has 0 saturated carbocycles. The van der Waals surface area contributed by atoms with Crippen LogP contribution < -0.4 is 0 Å². The molecule has 0 N–H and O–H groups in total. The second-order valence-corrected chi connectivity index (χ2v) is 3.46. The average molecular weight is 234 g/mol. The zero-order valence-corrected chi connectivity index (χ0v) is 9.41. The average Bonchev–Trinajstić information content (AvgIpc) is 2.35. The summed E-state index contributed by atoms with van der Waals surface area (Å²) in [4.78, 5) is 0. The molecule has 1 unspecified atom stereocenters. The lowest BCUT2D eigenvalue weighted by Crippen LogP contribution is -2.24. The van der Waals surface area contributed by atoms with Gasteiger partial charge in [-0.3, -0.25) is 0 Å². The van der Waals surface area contributed by atoms with Crippen molar-refractivity contribution < 1.29 is 13.5 Å². The molecule has 0 aliphatic heterocycles. The highest BCUT2D eigenvalue weighted by molar-refractivity contribution is 5.31. The maximum atomic E-state index is 12.1. The normalized spacial score (nSPS) is 13.4. The largest absolute Gasteiger partial charge is 0.346 e. The summed E-state index contributed by atoms with van der Waals surface area (Å²) in [5.41, 5.74) is -0.409. The highest BCUT2D eigenvalue weighted by Crippen LogP contribution is 2.24. The van der Waals surface area contributed by atoms with Crippen LogP contribution >= 0.6 is 0 Å². The molecule has 0 heterocycles. The molecular formula is C14H12F2O. The van der Waals surface area contributed by atoms with Crippen molar-refractivity contribution in [2.75, 3.05) is 6.61 Å². The summed E-state index contributed by atoms with van der Waals surface area (Å²) in [6, 6.07) is 8.92. The molecule has 0 spiro atoms. The van der Waals surface area contributed by atoms with Crippen molar-refractivity contribution in [3.63, 3.8) is 0 Å². The molecule has 1 rings (SSSR count). The van der Waals surface area contributed by atoms with Crippen LogP contribution in [0.15, 0.2) is 30.3 Å². The zero-order valence-electron chi connectivity index (χ0n) is 9.41. The lowest BCUT2D eigenvalue weighted by atomic mass is 9.96. The topological polar surface area (TPSA) is 9.23 Å². The Kier molecular flexibility index (Phi) is 4.69. The minimum absolute atomic E-state index is 0.0172. The quantitative estimate of drug-likeness (QED) is 0.731. The predicted molar refractivity (Wildman–Crippen MR) is 62.4 cm³/mol. The summed E-state index contributed by atoms with van der Waals surface area (Å²) >= 11 is 0. The van der Waals surface area contributed by atoms with E-state index >= 15 is 0 Å². The van der Waals surface area contributed by atoms with Gasteiger partial charge >= 0.3 is 0 Å². The number of hydrogen-bond donors (Lipinski definition) is 0. The fraction of sp³-hybridized carbons (Fsp3) is 0.286. The molecule has 1 nitrogen and oxygen atoms in total. The molecule has 0 aliphatic rings. The Morgan fingerprint density at radius 2 is 2.00 bits per heavy atom. The van der Waals surface area contributed by atoms with Crippen molar-refractivity contribution in [1.29, 1.82) is 0 Å². The van der Waals surface area contributed by atoms with E-state index < -0.39 is 12.0 Å². The Balaban J connectivity index is 3.04. The van der Waals surface area contributed by atoms with Crippen LogP contribution in [0.4, 0.5) is 8.78 Å². The van der Waals surface area contributed by atoms with Crippen LogP contribution in [0, 0.1) is 24.2 Å². The third kappa shape index (κ3) is 3.90. The Morgan fingerprint density at radius 3 is 2.53 bits per heavy atom. The first-order valence-corrected chi connectivity index (χ1v) is 5.02. The molecule has 0 bridgehead atoms. The summed E-state index contributed by atoms with van der Waals surface area (Å²) in [5, 5.41) is 0. The van der Waals surface area contributed by atoms with Gasteiger partial charge in [-0.2, -0.15) is 8.78 Å². The van der Waals surface area contributed by atoms with Crippen molar-refractivity contribution in [3.8, 4) is 24.2 Å². The first kappa shape index (κ1) is 13.2. The molecule has 0 aromatic heterocycles. The summed E-state index contributed by atoms with van der Waals surface area (Å²) in [6.45, 7) is 1.64. The molecule has 0 saturated heterocycles. The van der Waals surface area contributed by atoms with E-state index in [1.165, 1.54) is 0 Å². The monoisotopic (exact) mass is 234 g/mol. The summed E-state index contributed by atoms with van der Waals surface area (Å²) in [5.74, 6) is 6.55. The predicted octanol–water partition coefficient (Wildman–Crippen LogP) is 2.82. The van der Waals surface area contributed by atoms with E-state index in [4.69, 9.17) is 11.2 Å². The van der Waals surface area contributed by atoms with Crippen LogP contribution in [-0.2, 0) is 10.3 Å². The van der Waals surface area contributed by atoms with Gasteiger partial charge in [0.05, 0.1) is 0 Å². The van der Waals surface area contributed by atoms with Gasteiger partial charge in [0, 0.05) is 0 Å². The third-order valence-electron chi connectivity index (χ3n) is 2.19. The number of alkyl halides is 2. The maximum absolute atomic E-state index is 12.1.